The number of hydrogen-bond donors (Lipinski definition) is 7. The lowest BCUT2D eigenvalue weighted by Crippen LogP contribution is -2.61. The fourth-order valence-corrected chi connectivity index (χ4v) is 7.99. The van der Waals surface area contributed by atoms with Crippen LogP contribution in [0.3, 0.4) is 0 Å². The number of carbonyl (C=O) groups is 6. The first-order chi connectivity index (χ1) is 32.7. The van der Waals surface area contributed by atoms with E-state index in [-0.39, 0.29) is 30.8 Å². The van der Waals surface area contributed by atoms with Crippen molar-refractivity contribution in [1.82, 2.24) is 36.5 Å². The summed E-state index contributed by atoms with van der Waals surface area (Å²) in [5.41, 5.74) is 2.73. The topological polar surface area (TPSA) is 219 Å². The predicted molar refractivity (Wildman–Crippen MR) is 262 cm³/mol. The lowest BCUT2D eigenvalue weighted by Gasteiger charge is -2.32. The summed E-state index contributed by atoms with van der Waals surface area (Å²) in [5.74, 6) is -3.69. The zero-order chi connectivity index (χ0) is 49.2. The van der Waals surface area contributed by atoms with Crippen LogP contribution in [-0.2, 0) is 54.5 Å². The molecule has 360 valence electrons. The molecule has 6 unspecified atom stereocenters. The van der Waals surface area contributed by atoms with Crippen LogP contribution in [0.15, 0.2) is 116 Å². The fraction of sp³-hybridized carbons (Fsp3) is 0.365. The number of hydrogen-bond acceptors (Lipinski definition) is 10. The summed E-state index contributed by atoms with van der Waals surface area (Å²) in [4.78, 5) is 89.0. The average Bonchev–Trinajstić information content (AvgIpc) is 3.34. The number of likely N-dealkylation sites (N-methyl/N-ethyl adjacent to an activating group) is 2. The van der Waals surface area contributed by atoms with Crippen LogP contribution in [0, 0.1) is 0 Å². The molecule has 0 fully saturated rings. The van der Waals surface area contributed by atoms with Gasteiger partial charge in [0, 0.05) is 43.7 Å². The fourth-order valence-electron chi connectivity index (χ4n) is 7.86. The number of pyridine rings is 1. The van der Waals surface area contributed by atoms with Gasteiger partial charge < -0.3 is 41.7 Å². The van der Waals surface area contributed by atoms with Gasteiger partial charge in [0.25, 0.3) is 0 Å². The Morgan fingerprint density at radius 2 is 1.19 bits per heavy atom. The van der Waals surface area contributed by atoms with Gasteiger partial charge in [-0.25, -0.2) is 0 Å². The quantitative estimate of drug-likeness (QED) is 0.0410. The van der Waals surface area contributed by atoms with Crippen LogP contribution in [0.4, 0.5) is 0 Å². The number of amides is 5. The van der Waals surface area contributed by atoms with Gasteiger partial charge in [-0.2, -0.15) is 0 Å². The maximum Gasteiger partial charge on any atom is 0.247 e. The van der Waals surface area contributed by atoms with Crippen molar-refractivity contribution in [2.24, 2.45) is 0 Å². The number of aromatic nitrogens is 1. The summed E-state index contributed by atoms with van der Waals surface area (Å²) in [6.45, 7) is 2.54. The third kappa shape index (κ3) is 15.4. The Morgan fingerprint density at radius 3 is 1.79 bits per heavy atom. The number of benzene rings is 4. The highest BCUT2D eigenvalue weighted by molar-refractivity contribution is 6.30. The van der Waals surface area contributed by atoms with Gasteiger partial charge in [0.2, 0.25) is 29.5 Å². The minimum atomic E-state index is -1.58. The minimum absolute atomic E-state index is 0.000515. The first-order valence-corrected chi connectivity index (χ1v) is 23.2. The number of Topliss-reactive ketones (excluding diaryl/α,β-unsaturated/α-hetero) is 1. The predicted octanol–water partition coefficient (Wildman–Crippen LogP) is 4.38. The lowest BCUT2D eigenvalue weighted by molar-refractivity contribution is -0.143. The van der Waals surface area contributed by atoms with Gasteiger partial charge in [-0.1, -0.05) is 111 Å². The first-order valence-electron chi connectivity index (χ1n) is 22.8. The number of aromatic hydroxyl groups is 1. The van der Waals surface area contributed by atoms with Crippen molar-refractivity contribution >= 4 is 57.7 Å². The molecule has 5 aromatic rings. The molecule has 5 amide bonds. The number of phenols is 1. The van der Waals surface area contributed by atoms with Crippen molar-refractivity contribution < 1.29 is 39.0 Å². The SMILES string of the molecule is CCCCCC(NC(=O)C(Cc1ccc(O)cc1)N(C)C(=O)C(CO)NC(=O)C(Cc1cccnc1)NC(=O)C(Cc1ccc(Cl)cc1)NC(=O)C(Cc1ccc2ccccc2c1)NC)C(C)=O. The number of nitrogens with one attached hydrogen (secondary N) is 5. The highest BCUT2D eigenvalue weighted by Gasteiger charge is 2.36. The Kier molecular flexibility index (Phi) is 20.0. The van der Waals surface area contributed by atoms with Crippen LogP contribution >= 0.6 is 11.6 Å². The highest BCUT2D eigenvalue weighted by atomic mass is 35.5. The summed E-state index contributed by atoms with van der Waals surface area (Å²) in [5, 5.41) is 37.3. The number of aliphatic hydroxyl groups excluding tert-OH is 1. The van der Waals surface area contributed by atoms with Crippen molar-refractivity contribution in [1.29, 1.82) is 0 Å². The van der Waals surface area contributed by atoms with E-state index in [1.54, 1.807) is 61.8 Å². The van der Waals surface area contributed by atoms with E-state index in [0.717, 1.165) is 34.1 Å². The number of unbranched alkanes of at least 4 members (excludes halogenated alkanes) is 2. The number of carbonyl (C=O) groups excluding carboxylic acids is 6. The third-order valence-electron chi connectivity index (χ3n) is 11.9. The smallest absolute Gasteiger partial charge is 0.247 e. The number of ketones is 1. The molecule has 1 heterocycles. The molecule has 6 atom stereocenters. The molecule has 0 spiro atoms. The normalized spacial score (nSPS) is 13.8. The molecular weight excluding hydrogens is 886 g/mol. The van der Waals surface area contributed by atoms with E-state index in [9.17, 15) is 39.0 Å². The van der Waals surface area contributed by atoms with Crippen LogP contribution < -0.4 is 26.6 Å². The summed E-state index contributed by atoms with van der Waals surface area (Å²) >= 11 is 6.18. The second-order valence-corrected chi connectivity index (χ2v) is 17.4. The molecule has 0 bridgehead atoms. The molecule has 0 radical (unpaired) electrons. The van der Waals surface area contributed by atoms with Crippen molar-refractivity contribution in [3.8, 4) is 5.75 Å². The van der Waals surface area contributed by atoms with Crippen LogP contribution in [0.2, 0.25) is 5.02 Å². The van der Waals surface area contributed by atoms with Crippen LogP contribution in [0.5, 0.6) is 5.75 Å². The van der Waals surface area contributed by atoms with Gasteiger partial charge in [0.05, 0.1) is 18.7 Å². The molecule has 0 aliphatic carbocycles. The lowest BCUT2D eigenvalue weighted by atomic mass is 9.99. The van der Waals surface area contributed by atoms with E-state index in [1.807, 2.05) is 49.4 Å². The molecule has 0 saturated carbocycles. The zero-order valence-electron chi connectivity index (χ0n) is 38.9. The minimum Gasteiger partial charge on any atom is -0.508 e. The van der Waals surface area contributed by atoms with Gasteiger partial charge in [-0.3, -0.25) is 33.8 Å². The Bertz CT molecular complexity index is 2470. The molecule has 0 saturated heterocycles. The average molecular weight is 949 g/mol. The van der Waals surface area contributed by atoms with E-state index < -0.39 is 72.4 Å². The van der Waals surface area contributed by atoms with E-state index >= 15 is 0 Å². The van der Waals surface area contributed by atoms with E-state index in [0.29, 0.717) is 41.0 Å². The number of halogens is 1. The second kappa shape index (κ2) is 26.0. The molecule has 0 aliphatic heterocycles. The molecule has 1 aromatic heterocycles. The summed E-state index contributed by atoms with van der Waals surface area (Å²) < 4.78 is 0. The van der Waals surface area contributed by atoms with Gasteiger partial charge >= 0.3 is 0 Å². The van der Waals surface area contributed by atoms with E-state index in [2.05, 4.69) is 31.6 Å². The number of phenolic OH excluding ortho intramolecular Hbond substituents is 1. The molecule has 0 aliphatic rings. The Hall–Kier alpha value is -6.68. The first kappa shape index (κ1) is 52.3. The van der Waals surface area contributed by atoms with Gasteiger partial charge in [-0.05, 0) is 90.2 Å². The molecular formula is C52H62ClN7O8. The van der Waals surface area contributed by atoms with Crippen molar-refractivity contribution in [3.05, 3.63) is 143 Å². The maximum absolute atomic E-state index is 14.5. The number of aliphatic hydroxyl groups is 1. The van der Waals surface area contributed by atoms with Crippen molar-refractivity contribution in [3.63, 3.8) is 0 Å². The second-order valence-electron chi connectivity index (χ2n) is 17.0. The van der Waals surface area contributed by atoms with E-state index in [1.165, 1.54) is 32.3 Å². The Morgan fingerprint density at radius 1 is 0.632 bits per heavy atom. The third-order valence-corrected chi connectivity index (χ3v) is 12.1. The monoisotopic (exact) mass is 947 g/mol. The van der Waals surface area contributed by atoms with Crippen molar-refractivity contribution in [2.75, 3.05) is 20.7 Å². The summed E-state index contributed by atoms with van der Waals surface area (Å²) in [6.07, 6.45) is 6.16. The largest absolute Gasteiger partial charge is 0.508 e. The number of rotatable bonds is 25. The van der Waals surface area contributed by atoms with Gasteiger partial charge in [0.15, 0.2) is 5.78 Å². The molecule has 15 nitrogen and oxygen atoms in total. The zero-order valence-corrected chi connectivity index (χ0v) is 39.7. The standard InChI is InChI=1S/C52H62ClN7O8/c1-5-6-7-14-42(33(2)62)56-51(67)47(30-35-18-23-41(63)24-19-35)60(4)52(68)46(32-61)59-50(66)45(29-37-11-10-25-55-31-37)58-49(65)44(27-34-16-21-40(53)22-17-34)57-48(64)43(54-3)28-36-15-20-38-12-8-9-13-39(38)26-36/h8-13,15-26,31,42-47,54,61,63H,5-7,14,27-30,32H2,1-4H3,(H,56,67)(H,57,64)(H,58,65)(H,59,66). The Balaban J connectivity index is 1.38. The number of nitrogens with zero attached hydrogens (tertiary/aromatic N) is 2. The van der Waals surface area contributed by atoms with Crippen LogP contribution in [0.1, 0.15) is 61.8 Å². The van der Waals surface area contributed by atoms with E-state index in [4.69, 9.17) is 11.6 Å². The molecule has 16 heteroatoms. The van der Waals surface area contributed by atoms with Gasteiger partial charge in [-0.15, -0.1) is 0 Å². The molecule has 68 heavy (non-hydrogen) atoms. The summed E-state index contributed by atoms with van der Waals surface area (Å²) in [7, 11) is 3.02. The number of fused-ring (bicyclic) bond motifs is 1. The molecule has 5 rings (SSSR count). The van der Waals surface area contributed by atoms with Crippen LogP contribution in [-0.4, -0.2) is 112 Å². The highest BCUT2D eigenvalue weighted by Crippen LogP contribution is 2.19. The summed E-state index contributed by atoms with van der Waals surface area (Å²) in [6, 6.07) is 23.2. The van der Waals surface area contributed by atoms with Crippen molar-refractivity contribution in [2.45, 2.75) is 101 Å². The maximum atomic E-state index is 14.5. The molecule has 7 N–H and O–H groups in total. The Labute approximate surface area is 402 Å². The van der Waals surface area contributed by atoms with Crippen LogP contribution in [0.25, 0.3) is 10.8 Å². The van der Waals surface area contributed by atoms with Gasteiger partial charge in [0.1, 0.15) is 29.9 Å². The molecule has 4 aromatic carbocycles.